The number of aryl methyl sites for hydroxylation is 1. The molecular weight excluding hydrogens is 276 g/mol. The second kappa shape index (κ2) is 5.95. The fourth-order valence-electron chi connectivity index (χ4n) is 1.64. The van der Waals surface area contributed by atoms with Crippen molar-refractivity contribution < 1.29 is 14.5 Å². The van der Waals surface area contributed by atoms with Crippen molar-refractivity contribution in [1.82, 2.24) is 10.2 Å². The van der Waals surface area contributed by atoms with E-state index in [-0.39, 0.29) is 11.4 Å². The average molecular weight is 288 g/mol. The summed E-state index contributed by atoms with van der Waals surface area (Å²) in [5.41, 5.74) is 1.14. The largest absolute Gasteiger partial charge is 0.480 e. The maximum atomic E-state index is 12.0. The Hall–Kier alpha value is -3.03. The van der Waals surface area contributed by atoms with Crippen LogP contribution in [0.15, 0.2) is 30.3 Å². The van der Waals surface area contributed by atoms with E-state index < -0.39 is 10.8 Å². The summed E-state index contributed by atoms with van der Waals surface area (Å²) in [6.07, 6.45) is 0. The van der Waals surface area contributed by atoms with Crippen molar-refractivity contribution in [3.8, 4) is 5.88 Å². The molecule has 8 nitrogen and oxygen atoms in total. The minimum absolute atomic E-state index is 0.0326. The van der Waals surface area contributed by atoms with Crippen molar-refractivity contribution >= 4 is 17.3 Å². The first-order chi connectivity index (χ1) is 10.0. The molecule has 0 saturated heterocycles. The highest BCUT2D eigenvalue weighted by Gasteiger charge is 2.13. The van der Waals surface area contributed by atoms with Gasteiger partial charge in [0.2, 0.25) is 5.88 Å². The summed E-state index contributed by atoms with van der Waals surface area (Å²) in [6, 6.07) is 7.17. The molecule has 0 fully saturated rings. The molecule has 0 aliphatic rings. The van der Waals surface area contributed by atoms with Crippen LogP contribution in [-0.4, -0.2) is 28.1 Å². The monoisotopic (exact) mass is 288 g/mol. The van der Waals surface area contributed by atoms with Crippen molar-refractivity contribution in [2.75, 3.05) is 12.4 Å². The van der Waals surface area contributed by atoms with Gasteiger partial charge in [-0.1, -0.05) is 0 Å². The molecule has 0 unspecified atom stereocenters. The Bertz CT molecular complexity index is 685. The molecule has 0 aliphatic heterocycles. The predicted molar refractivity (Wildman–Crippen MR) is 74.4 cm³/mol. The first-order valence-electron chi connectivity index (χ1n) is 5.95. The standard InChI is InChI=1S/C13H12N4O4/c1-8-7-9(17(19)20)3-4-10(8)14-13(18)11-5-6-12(21-2)16-15-11/h3-7H,1-2H3,(H,14,18). The molecule has 1 N–H and O–H groups in total. The van der Waals surface area contributed by atoms with Gasteiger partial charge in [0.05, 0.1) is 12.0 Å². The van der Waals surface area contributed by atoms with E-state index in [9.17, 15) is 14.9 Å². The van der Waals surface area contributed by atoms with Gasteiger partial charge >= 0.3 is 0 Å². The van der Waals surface area contributed by atoms with Gasteiger partial charge in [-0.2, -0.15) is 0 Å². The molecule has 8 heteroatoms. The third-order valence-corrected chi connectivity index (χ3v) is 2.75. The maximum Gasteiger partial charge on any atom is 0.276 e. The van der Waals surface area contributed by atoms with E-state index in [2.05, 4.69) is 15.5 Å². The number of non-ortho nitro benzene ring substituents is 1. The Morgan fingerprint density at radius 2 is 2.05 bits per heavy atom. The Kier molecular flexibility index (Phi) is 4.07. The molecule has 0 spiro atoms. The summed E-state index contributed by atoms with van der Waals surface area (Å²) in [7, 11) is 1.45. The van der Waals surface area contributed by atoms with Gasteiger partial charge < -0.3 is 10.1 Å². The van der Waals surface area contributed by atoms with Crippen LogP contribution in [0.4, 0.5) is 11.4 Å². The number of carbonyl (C=O) groups is 1. The van der Waals surface area contributed by atoms with E-state index in [4.69, 9.17) is 4.74 Å². The Morgan fingerprint density at radius 3 is 2.57 bits per heavy atom. The Balaban J connectivity index is 2.17. The number of nitro benzene ring substituents is 1. The van der Waals surface area contributed by atoms with Gasteiger partial charge in [0, 0.05) is 23.9 Å². The molecule has 21 heavy (non-hydrogen) atoms. The first kappa shape index (κ1) is 14.4. The smallest absolute Gasteiger partial charge is 0.276 e. The van der Waals surface area contributed by atoms with Crippen molar-refractivity contribution in [1.29, 1.82) is 0 Å². The molecule has 1 aromatic heterocycles. The number of nitro groups is 1. The van der Waals surface area contributed by atoms with Crippen LogP contribution >= 0.6 is 0 Å². The molecule has 1 aromatic carbocycles. The van der Waals surface area contributed by atoms with Crippen molar-refractivity contribution in [2.45, 2.75) is 6.92 Å². The van der Waals surface area contributed by atoms with Gasteiger partial charge in [-0.3, -0.25) is 14.9 Å². The number of nitrogens with one attached hydrogen (secondary N) is 1. The zero-order chi connectivity index (χ0) is 15.4. The highest BCUT2D eigenvalue weighted by Crippen LogP contribution is 2.21. The van der Waals surface area contributed by atoms with Crippen LogP contribution in [0.5, 0.6) is 5.88 Å². The first-order valence-corrected chi connectivity index (χ1v) is 5.95. The number of hydrogen-bond donors (Lipinski definition) is 1. The number of hydrogen-bond acceptors (Lipinski definition) is 6. The summed E-state index contributed by atoms with van der Waals surface area (Å²) in [5.74, 6) is -0.153. The molecule has 0 saturated carbocycles. The van der Waals surface area contributed by atoms with Gasteiger partial charge in [0.1, 0.15) is 0 Å². The summed E-state index contributed by atoms with van der Waals surface area (Å²) in [5, 5.41) is 20.7. The van der Waals surface area contributed by atoms with E-state index in [1.807, 2.05) is 0 Å². The van der Waals surface area contributed by atoms with Crippen LogP contribution in [-0.2, 0) is 0 Å². The molecule has 2 rings (SSSR count). The van der Waals surface area contributed by atoms with E-state index in [1.165, 1.54) is 37.4 Å². The molecule has 1 heterocycles. The van der Waals surface area contributed by atoms with Crippen LogP contribution in [0.2, 0.25) is 0 Å². The molecule has 0 bridgehead atoms. The van der Waals surface area contributed by atoms with Gasteiger partial charge in [-0.15, -0.1) is 10.2 Å². The lowest BCUT2D eigenvalue weighted by Gasteiger charge is -2.07. The number of methoxy groups -OCH3 is 1. The van der Waals surface area contributed by atoms with E-state index in [0.717, 1.165) is 0 Å². The van der Waals surface area contributed by atoms with Gasteiger partial charge in [-0.25, -0.2) is 0 Å². The highest BCUT2D eigenvalue weighted by molar-refractivity contribution is 6.03. The molecule has 0 radical (unpaired) electrons. The normalized spacial score (nSPS) is 10.0. The number of benzene rings is 1. The Labute approximate surface area is 119 Å². The number of rotatable bonds is 4. The second-order valence-electron chi connectivity index (χ2n) is 4.17. The van der Waals surface area contributed by atoms with Gasteiger partial charge in [-0.05, 0) is 24.6 Å². The molecule has 0 aliphatic carbocycles. The summed E-state index contributed by atoms with van der Waals surface area (Å²) in [6.45, 7) is 1.67. The second-order valence-corrected chi connectivity index (χ2v) is 4.17. The third-order valence-electron chi connectivity index (χ3n) is 2.75. The van der Waals surface area contributed by atoms with Crippen molar-refractivity contribution in [2.24, 2.45) is 0 Å². The fraction of sp³-hybridized carbons (Fsp3) is 0.154. The van der Waals surface area contributed by atoms with Crippen LogP contribution in [0, 0.1) is 17.0 Å². The molecule has 1 amide bonds. The number of anilines is 1. The lowest BCUT2D eigenvalue weighted by atomic mass is 10.1. The fourth-order valence-corrected chi connectivity index (χ4v) is 1.64. The minimum atomic E-state index is -0.493. The Morgan fingerprint density at radius 1 is 1.29 bits per heavy atom. The quantitative estimate of drug-likeness (QED) is 0.680. The van der Waals surface area contributed by atoms with Crippen LogP contribution < -0.4 is 10.1 Å². The topological polar surface area (TPSA) is 107 Å². The summed E-state index contributed by atoms with van der Waals surface area (Å²) < 4.78 is 4.85. The summed E-state index contributed by atoms with van der Waals surface area (Å²) >= 11 is 0. The molecule has 2 aromatic rings. The average Bonchev–Trinajstić information content (AvgIpc) is 2.49. The zero-order valence-electron chi connectivity index (χ0n) is 11.4. The molecule has 108 valence electrons. The lowest BCUT2D eigenvalue weighted by Crippen LogP contribution is -2.15. The number of ether oxygens (including phenoxy) is 1. The minimum Gasteiger partial charge on any atom is -0.480 e. The third kappa shape index (κ3) is 3.30. The van der Waals surface area contributed by atoms with Crippen molar-refractivity contribution in [3.63, 3.8) is 0 Å². The summed E-state index contributed by atoms with van der Waals surface area (Å²) in [4.78, 5) is 22.2. The maximum absolute atomic E-state index is 12.0. The number of aromatic nitrogens is 2. The number of nitrogens with zero attached hydrogens (tertiary/aromatic N) is 3. The number of carbonyl (C=O) groups excluding carboxylic acids is 1. The molecule has 0 atom stereocenters. The van der Waals surface area contributed by atoms with Gasteiger partial charge in [0.15, 0.2) is 5.69 Å². The SMILES string of the molecule is COc1ccc(C(=O)Nc2ccc([N+](=O)[O-])cc2C)nn1. The van der Waals surface area contributed by atoms with E-state index in [0.29, 0.717) is 17.1 Å². The zero-order valence-corrected chi connectivity index (χ0v) is 11.4. The molecular formula is C13H12N4O4. The van der Waals surface area contributed by atoms with E-state index in [1.54, 1.807) is 6.92 Å². The lowest BCUT2D eigenvalue weighted by molar-refractivity contribution is -0.384. The van der Waals surface area contributed by atoms with E-state index >= 15 is 0 Å². The predicted octanol–water partition coefficient (Wildman–Crippen LogP) is 1.95. The van der Waals surface area contributed by atoms with Crippen LogP contribution in [0.3, 0.4) is 0 Å². The van der Waals surface area contributed by atoms with Gasteiger partial charge in [0.25, 0.3) is 11.6 Å². The van der Waals surface area contributed by atoms with Crippen LogP contribution in [0.25, 0.3) is 0 Å². The van der Waals surface area contributed by atoms with Crippen LogP contribution in [0.1, 0.15) is 16.1 Å². The van der Waals surface area contributed by atoms with Crippen molar-refractivity contribution in [3.05, 3.63) is 51.7 Å². The highest BCUT2D eigenvalue weighted by atomic mass is 16.6. The number of amides is 1.